The molecule has 1 N–H and O–H groups in total. The minimum Gasteiger partial charge on any atom is -0.350 e. The minimum absolute atomic E-state index is 0.0164. The molecule has 2 aromatic rings. The Bertz CT molecular complexity index is 671. The average molecular weight is 322 g/mol. The van der Waals surface area contributed by atoms with E-state index in [9.17, 15) is 4.79 Å². The van der Waals surface area contributed by atoms with Crippen LogP contribution in [0.5, 0.6) is 0 Å². The number of likely N-dealkylation sites (N-methyl/N-ethyl adjacent to an activating group) is 1. The van der Waals surface area contributed by atoms with Gasteiger partial charge in [0.1, 0.15) is 0 Å². The van der Waals surface area contributed by atoms with Crippen LogP contribution in [-0.2, 0) is 0 Å². The molecule has 1 amide bonds. The van der Waals surface area contributed by atoms with Crippen LogP contribution in [0.25, 0.3) is 11.1 Å². The summed E-state index contributed by atoms with van der Waals surface area (Å²) in [7, 11) is 4.23. The number of nitrogens with zero attached hydrogens (tertiary/aromatic N) is 1. The SMILES string of the molecule is CN(C)C1(CNC(=O)c2ccc(-c3ccccc3)cc2)CCCC1. The third-order valence-electron chi connectivity index (χ3n) is 5.32. The molecule has 3 heteroatoms. The first kappa shape index (κ1) is 16.7. The Morgan fingerprint density at radius 1 is 0.958 bits per heavy atom. The Kier molecular flexibility index (Phi) is 5.00. The molecule has 3 rings (SSSR count). The summed E-state index contributed by atoms with van der Waals surface area (Å²) >= 11 is 0. The summed E-state index contributed by atoms with van der Waals surface area (Å²) < 4.78 is 0. The van der Waals surface area contributed by atoms with E-state index in [1.54, 1.807) is 0 Å². The molecule has 1 aliphatic carbocycles. The largest absolute Gasteiger partial charge is 0.350 e. The Hall–Kier alpha value is -2.13. The fraction of sp³-hybridized carbons (Fsp3) is 0.381. The van der Waals surface area contributed by atoms with Crippen molar-refractivity contribution in [3.63, 3.8) is 0 Å². The number of nitrogens with one attached hydrogen (secondary N) is 1. The second-order valence-corrected chi connectivity index (χ2v) is 6.95. The normalized spacial score (nSPS) is 16.3. The summed E-state index contributed by atoms with van der Waals surface area (Å²) in [5, 5.41) is 3.14. The fourth-order valence-electron chi connectivity index (χ4n) is 3.61. The maximum absolute atomic E-state index is 12.5. The second kappa shape index (κ2) is 7.18. The van der Waals surface area contributed by atoms with E-state index in [4.69, 9.17) is 0 Å². The third kappa shape index (κ3) is 3.51. The molecule has 0 unspecified atom stereocenters. The molecule has 1 aliphatic rings. The zero-order valence-electron chi connectivity index (χ0n) is 14.6. The Morgan fingerprint density at radius 2 is 1.54 bits per heavy atom. The molecule has 0 radical (unpaired) electrons. The van der Waals surface area contributed by atoms with Gasteiger partial charge in [-0.05, 0) is 50.2 Å². The van der Waals surface area contributed by atoms with Crippen LogP contribution in [0.4, 0.5) is 0 Å². The zero-order chi connectivity index (χ0) is 17.0. The van der Waals surface area contributed by atoms with Crippen molar-refractivity contribution in [3.8, 4) is 11.1 Å². The average Bonchev–Trinajstić information content (AvgIpc) is 3.11. The zero-order valence-corrected chi connectivity index (χ0v) is 14.6. The van der Waals surface area contributed by atoms with Gasteiger partial charge in [-0.25, -0.2) is 0 Å². The van der Waals surface area contributed by atoms with E-state index in [1.807, 2.05) is 42.5 Å². The molecule has 2 aromatic carbocycles. The summed E-state index contributed by atoms with van der Waals surface area (Å²) in [5.41, 5.74) is 3.15. The second-order valence-electron chi connectivity index (χ2n) is 6.95. The topological polar surface area (TPSA) is 32.3 Å². The molecule has 0 spiro atoms. The standard InChI is InChI=1S/C21H26N2O/c1-23(2)21(14-6-7-15-21)16-22-20(24)19-12-10-18(11-13-19)17-8-4-3-5-9-17/h3-5,8-13H,6-7,14-16H2,1-2H3,(H,22,24). The van der Waals surface area contributed by atoms with Gasteiger partial charge in [-0.3, -0.25) is 4.79 Å². The molecule has 0 aliphatic heterocycles. The molecule has 0 heterocycles. The highest BCUT2D eigenvalue weighted by atomic mass is 16.1. The van der Waals surface area contributed by atoms with Crippen molar-refractivity contribution >= 4 is 5.91 Å². The van der Waals surface area contributed by atoms with Gasteiger partial charge in [0.2, 0.25) is 0 Å². The van der Waals surface area contributed by atoms with E-state index >= 15 is 0 Å². The van der Waals surface area contributed by atoms with Gasteiger partial charge in [0.25, 0.3) is 5.91 Å². The Balaban J connectivity index is 1.65. The lowest BCUT2D eigenvalue weighted by atomic mass is 9.96. The Labute approximate surface area is 144 Å². The molecule has 0 saturated heterocycles. The number of rotatable bonds is 5. The number of hydrogen-bond acceptors (Lipinski definition) is 2. The van der Waals surface area contributed by atoms with Crippen molar-refractivity contribution in [2.45, 2.75) is 31.2 Å². The first-order chi connectivity index (χ1) is 11.6. The van der Waals surface area contributed by atoms with Crippen LogP contribution in [-0.4, -0.2) is 37.0 Å². The predicted octanol–water partition coefficient (Wildman–Crippen LogP) is 3.96. The van der Waals surface area contributed by atoms with Gasteiger partial charge >= 0.3 is 0 Å². The van der Waals surface area contributed by atoms with Crippen molar-refractivity contribution in [1.82, 2.24) is 10.2 Å². The molecule has 0 bridgehead atoms. The van der Waals surface area contributed by atoms with Crippen LogP contribution in [0.3, 0.4) is 0 Å². The lowest BCUT2D eigenvalue weighted by Crippen LogP contribution is -2.50. The maximum Gasteiger partial charge on any atom is 0.251 e. The van der Waals surface area contributed by atoms with Crippen LogP contribution >= 0.6 is 0 Å². The highest BCUT2D eigenvalue weighted by Crippen LogP contribution is 2.33. The molecule has 0 aromatic heterocycles. The molecule has 1 fully saturated rings. The molecule has 126 valence electrons. The van der Waals surface area contributed by atoms with Gasteiger partial charge in [0.05, 0.1) is 0 Å². The van der Waals surface area contributed by atoms with Crippen molar-refractivity contribution in [3.05, 3.63) is 60.2 Å². The van der Waals surface area contributed by atoms with Crippen LogP contribution in [0.2, 0.25) is 0 Å². The highest BCUT2D eigenvalue weighted by Gasteiger charge is 2.36. The van der Waals surface area contributed by atoms with Gasteiger partial charge in [-0.1, -0.05) is 55.3 Å². The van der Waals surface area contributed by atoms with Crippen molar-refractivity contribution in [2.75, 3.05) is 20.6 Å². The number of amides is 1. The summed E-state index contributed by atoms with van der Waals surface area (Å²) in [6.07, 6.45) is 4.82. The smallest absolute Gasteiger partial charge is 0.251 e. The molecule has 0 atom stereocenters. The lowest BCUT2D eigenvalue weighted by molar-refractivity contribution is 0.0900. The summed E-state index contributed by atoms with van der Waals surface area (Å²) in [6.45, 7) is 0.721. The summed E-state index contributed by atoms with van der Waals surface area (Å²) in [4.78, 5) is 14.8. The molecular weight excluding hydrogens is 296 g/mol. The van der Waals surface area contributed by atoms with Crippen LogP contribution in [0, 0.1) is 0 Å². The van der Waals surface area contributed by atoms with E-state index < -0.39 is 0 Å². The van der Waals surface area contributed by atoms with Crippen molar-refractivity contribution < 1.29 is 4.79 Å². The van der Waals surface area contributed by atoms with E-state index in [0.717, 1.165) is 30.5 Å². The van der Waals surface area contributed by atoms with Gasteiger partial charge in [-0.2, -0.15) is 0 Å². The number of hydrogen-bond donors (Lipinski definition) is 1. The molecular formula is C21H26N2O. The van der Waals surface area contributed by atoms with Gasteiger partial charge in [0, 0.05) is 17.6 Å². The fourth-order valence-corrected chi connectivity index (χ4v) is 3.61. The number of carbonyl (C=O) groups excluding carboxylic acids is 1. The van der Waals surface area contributed by atoms with Gasteiger partial charge in [0.15, 0.2) is 0 Å². The first-order valence-electron chi connectivity index (χ1n) is 8.72. The summed E-state index contributed by atoms with van der Waals surface area (Å²) in [6, 6.07) is 18.1. The number of benzene rings is 2. The first-order valence-corrected chi connectivity index (χ1v) is 8.72. The maximum atomic E-state index is 12.5. The van der Waals surface area contributed by atoms with Crippen molar-refractivity contribution in [1.29, 1.82) is 0 Å². The third-order valence-corrected chi connectivity index (χ3v) is 5.32. The van der Waals surface area contributed by atoms with Crippen LogP contribution in [0.1, 0.15) is 36.0 Å². The molecule has 3 nitrogen and oxygen atoms in total. The van der Waals surface area contributed by atoms with Gasteiger partial charge < -0.3 is 10.2 Å². The van der Waals surface area contributed by atoms with Crippen molar-refractivity contribution in [2.24, 2.45) is 0 Å². The molecule has 1 saturated carbocycles. The van der Waals surface area contributed by atoms with Crippen LogP contribution in [0.15, 0.2) is 54.6 Å². The van der Waals surface area contributed by atoms with Crippen LogP contribution < -0.4 is 5.32 Å². The Morgan fingerprint density at radius 3 is 2.12 bits per heavy atom. The molecule has 24 heavy (non-hydrogen) atoms. The van der Waals surface area contributed by atoms with E-state index in [0.29, 0.717) is 0 Å². The lowest BCUT2D eigenvalue weighted by Gasteiger charge is -2.36. The van der Waals surface area contributed by atoms with E-state index in [2.05, 4.69) is 36.4 Å². The van der Waals surface area contributed by atoms with E-state index in [1.165, 1.54) is 18.4 Å². The van der Waals surface area contributed by atoms with E-state index in [-0.39, 0.29) is 11.4 Å². The van der Waals surface area contributed by atoms with Gasteiger partial charge in [-0.15, -0.1) is 0 Å². The highest BCUT2D eigenvalue weighted by molar-refractivity contribution is 5.94. The predicted molar refractivity (Wildman–Crippen MR) is 99.1 cm³/mol. The monoisotopic (exact) mass is 322 g/mol. The summed E-state index contributed by atoms with van der Waals surface area (Å²) in [5.74, 6) is 0.0164. The minimum atomic E-state index is 0.0164. The number of carbonyl (C=O) groups is 1. The quantitative estimate of drug-likeness (QED) is 0.904.